The van der Waals surface area contributed by atoms with Crippen molar-refractivity contribution in [1.29, 1.82) is 0 Å². The molecule has 0 radical (unpaired) electrons. The molecule has 1 unspecified atom stereocenters. The first kappa shape index (κ1) is 14.6. The molecule has 0 aliphatic carbocycles. The van der Waals surface area contributed by atoms with Crippen molar-refractivity contribution >= 4 is 22.6 Å². The first-order valence-electron chi connectivity index (χ1n) is 5.42. The van der Waals surface area contributed by atoms with E-state index in [-0.39, 0.29) is 0 Å². The fraction of sp³-hybridized carbons (Fsp3) is 0.917. The summed E-state index contributed by atoms with van der Waals surface area (Å²) in [6, 6.07) is 0. The number of hydrogen-bond donors (Lipinski definition) is 0. The highest BCUT2D eigenvalue weighted by Crippen LogP contribution is 2.25. The highest BCUT2D eigenvalue weighted by Gasteiger charge is 2.08. The molecule has 0 spiro atoms. The minimum Gasteiger partial charge on any atom is -0.121 e. The summed E-state index contributed by atoms with van der Waals surface area (Å²) in [4.78, 5) is 0. The lowest BCUT2D eigenvalue weighted by Gasteiger charge is -2.17. The van der Waals surface area contributed by atoms with Crippen molar-refractivity contribution in [3.63, 3.8) is 0 Å². The maximum atomic E-state index is 2.43. The second-order valence-electron chi connectivity index (χ2n) is 6.14. The maximum absolute atomic E-state index is 2.43. The number of rotatable bonds is 4. The molecule has 0 bridgehead atoms. The number of hydrogen-bond acceptors (Lipinski definition) is 0. The lowest BCUT2D eigenvalue weighted by molar-refractivity contribution is 0.479. The molecule has 0 nitrogen and oxygen atoms in total. The normalized spacial score (nSPS) is 14.7. The maximum Gasteiger partial charge on any atom is -0.00721 e. The fourth-order valence-electron chi connectivity index (χ4n) is 0.945. The molecular weight excluding hydrogens is 206 g/mol. The van der Waals surface area contributed by atoms with Crippen LogP contribution in [-0.2, 0) is 0 Å². The molecule has 0 saturated heterocycles. The van der Waals surface area contributed by atoms with E-state index in [2.05, 4.69) is 47.3 Å². The van der Waals surface area contributed by atoms with Gasteiger partial charge in [0.05, 0.1) is 0 Å². The van der Waals surface area contributed by atoms with Gasteiger partial charge < -0.3 is 0 Å². The largest absolute Gasteiger partial charge is 0.121 e. The van der Waals surface area contributed by atoms with Crippen LogP contribution < -0.4 is 0 Å². The van der Waals surface area contributed by atoms with Crippen molar-refractivity contribution < 1.29 is 0 Å². The first-order valence-corrected chi connectivity index (χ1v) is 7.99. The van der Waals surface area contributed by atoms with E-state index in [4.69, 9.17) is 0 Å². The third-order valence-electron chi connectivity index (χ3n) is 1.55. The molecule has 0 aliphatic rings. The summed E-state index contributed by atoms with van der Waals surface area (Å²) >= 11 is 0. The molecule has 1 atom stereocenters. The molecule has 14 heavy (non-hydrogen) atoms. The summed E-state index contributed by atoms with van der Waals surface area (Å²) in [5.41, 5.74) is 0.928. The van der Waals surface area contributed by atoms with Gasteiger partial charge in [-0.3, -0.25) is 0 Å². The second-order valence-corrected chi connectivity index (χ2v) is 8.56. The molecule has 0 aromatic carbocycles. The standard InChI is InChI=1S/C12H26P2/c1-11(2,3)9-13-7-8-14-10-12(4,5)6/h9,14H,7-8,10H2,1-6H3. The van der Waals surface area contributed by atoms with Crippen LogP contribution in [0.2, 0.25) is 0 Å². The van der Waals surface area contributed by atoms with Crippen LogP contribution in [0.15, 0.2) is 0 Å². The Kier molecular flexibility index (Phi) is 6.51. The average Bonchev–Trinajstić information content (AvgIpc) is 1.92. The van der Waals surface area contributed by atoms with Gasteiger partial charge in [-0.2, -0.15) is 0 Å². The van der Waals surface area contributed by atoms with Crippen molar-refractivity contribution in [1.82, 2.24) is 0 Å². The van der Waals surface area contributed by atoms with Crippen LogP contribution in [0.1, 0.15) is 41.5 Å². The molecule has 0 fully saturated rings. The molecule has 0 saturated carbocycles. The van der Waals surface area contributed by atoms with Crippen LogP contribution in [0.3, 0.4) is 0 Å². The first-order chi connectivity index (χ1) is 6.21. The van der Waals surface area contributed by atoms with Gasteiger partial charge in [-0.1, -0.05) is 47.3 Å². The Labute approximate surface area is 93.8 Å². The third kappa shape index (κ3) is 12.6. The quantitative estimate of drug-likeness (QED) is 0.494. The third-order valence-corrected chi connectivity index (χ3v) is 5.33. The minimum absolute atomic E-state index is 0.398. The molecule has 0 rings (SSSR count). The van der Waals surface area contributed by atoms with Gasteiger partial charge in [0.15, 0.2) is 0 Å². The van der Waals surface area contributed by atoms with E-state index in [0.29, 0.717) is 10.8 Å². The van der Waals surface area contributed by atoms with Crippen LogP contribution in [0.4, 0.5) is 0 Å². The highest BCUT2D eigenvalue weighted by molar-refractivity contribution is 7.42. The van der Waals surface area contributed by atoms with Gasteiger partial charge >= 0.3 is 0 Å². The van der Waals surface area contributed by atoms with Gasteiger partial charge in [0, 0.05) is 0 Å². The van der Waals surface area contributed by atoms with Crippen molar-refractivity contribution in [3.8, 4) is 0 Å². The Morgan fingerprint density at radius 1 is 1.07 bits per heavy atom. The summed E-state index contributed by atoms with van der Waals surface area (Å²) < 4.78 is 0. The van der Waals surface area contributed by atoms with E-state index in [9.17, 15) is 0 Å². The topological polar surface area (TPSA) is 0 Å². The van der Waals surface area contributed by atoms with E-state index in [1.165, 1.54) is 26.7 Å². The van der Waals surface area contributed by atoms with E-state index in [1.54, 1.807) is 0 Å². The lowest BCUT2D eigenvalue weighted by atomic mass is 10.0. The summed E-state index contributed by atoms with van der Waals surface area (Å²) in [6.07, 6.45) is 4.15. The molecular formula is C12H26P2. The molecule has 0 aromatic rings. The smallest absolute Gasteiger partial charge is 0.00721 e. The summed E-state index contributed by atoms with van der Waals surface area (Å²) in [7, 11) is 2.68. The molecule has 0 aliphatic heterocycles. The van der Waals surface area contributed by atoms with Crippen LogP contribution >= 0.6 is 16.8 Å². The zero-order valence-electron chi connectivity index (χ0n) is 10.6. The Bertz CT molecular complexity index is 170. The lowest BCUT2D eigenvalue weighted by Crippen LogP contribution is -2.07. The van der Waals surface area contributed by atoms with Crippen LogP contribution in [0.25, 0.3) is 0 Å². The van der Waals surface area contributed by atoms with Crippen LogP contribution in [-0.4, -0.2) is 24.3 Å². The van der Waals surface area contributed by atoms with Crippen molar-refractivity contribution in [2.45, 2.75) is 41.5 Å². The van der Waals surface area contributed by atoms with Crippen molar-refractivity contribution in [2.75, 3.05) is 18.5 Å². The predicted molar refractivity (Wildman–Crippen MR) is 74.8 cm³/mol. The highest BCUT2D eigenvalue weighted by atomic mass is 31.1. The van der Waals surface area contributed by atoms with E-state index < -0.39 is 0 Å². The van der Waals surface area contributed by atoms with E-state index in [0.717, 1.165) is 8.58 Å². The predicted octanol–water partition coefficient (Wildman–Crippen LogP) is 4.51. The fourth-order valence-corrected chi connectivity index (χ4v) is 3.70. The zero-order valence-corrected chi connectivity index (χ0v) is 12.5. The molecule has 2 heteroatoms. The van der Waals surface area contributed by atoms with Crippen LogP contribution in [0, 0.1) is 10.8 Å². The minimum atomic E-state index is 0.398. The summed E-state index contributed by atoms with van der Waals surface area (Å²) in [6.45, 7) is 13.8. The molecule has 84 valence electrons. The van der Waals surface area contributed by atoms with Gasteiger partial charge in [0.2, 0.25) is 0 Å². The second kappa shape index (κ2) is 6.24. The van der Waals surface area contributed by atoms with E-state index >= 15 is 0 Å². The van der Waals surface area contributed by atoms with Gasteiger partial charge in [-0.15, -0.1) is 16.8 Å². The molecule has 0 heterocycles. The van der Waals surface area contributed by atoms with Crippen LogP contribution in [0.5, 0.6) is 0 Å². The molecule has 0 amide bonds. The monoisotopic (exact) mass is 232 g/mol. The van der Waals surface area contributed by atoms with Crippen molar-refractivity contribution in [3.05, 3.63) is 0 Å². The Balaban J connectivity index is 3.44. The van der Waals surface area contributed by atoms with Crippen molar-refractivity contribution in [2.24, 2.45) is 10.8 Å². The SMILES string of the molecule is CC(C)(C)C=PCCPCC(C)(C)C. The summed E-state index contributed by atoms with van der Waals surface area (Å²) in [5, 5.41) is 0. The Morgan fingerprint density at radius 3 is 2.07 bits per heavy atom. The van der Waals surface area contributed by atoms with E-state index in [1.807, 2.05) is 0 Å². The Morgan fingerprint density at radius 2 is 1.64 bits per heavy atom. The van der Waals surface area contributed by atoms with Gasteiger partial charge in [0.1, 0.15) is 0 Å². The summed E-state index contributed by atoms with van der Waals surface area (Å²) in [5.74, 6) is 2.43. The van der Waals surface area contributed by atoms with Gasteiger partial charge in [0.25, 0.3) is 0 Å². The van der Waals surface area contributed by atoms with Gasteiger partial charge in [-0.25, -0.2) is 0 Å². The molecule has 0 aromatic heterocycles. The average molecular weight is 232 g/mol. The van der Waals surface area contributed by atoms with Gasteiger partial charge in [-0.05, 0) is 29.3 Å². The Hall–Kier alpha value is 0.600. The zero-order chi connectivity index (χ0) is 11.2. The molecule has 0 N–H and O–H groups in total.